The molecule has 0 aliphatic carbocycles. The fourth-order valence-electron chi connectivity index (χ4n) is 2.57. The number of nitrogens with zero attached hydrogens (tertiary/aromatic N) is 2. The largest absolute Gasteiger partial charge is 0.508 e. The Labute approximate surface area is 151 Å². The Bertz CT molecular complexity index is 895. The van der Waals surface area contributed by atoms with E-state index >= 15 is 0 Å². The number of carbonyl (C=O) groups is 1. The van der Waals surface area contributed by atoms with Crippen LogP contribution in [0.4, 0.5) is 5.69 Å². The minimum atomic E-state index is -0.121. The average molecular weight is 349 g/mol. The Morgan fingerprint density at radius 2 is 1.88 bits per heavy atom. The predicted octanol–water partition coefficient (Wildman–Crippen LogP) is 3.43. The van der Waals surface area contributed by atoms with Gasteiger partial charge in [-0.05, 0) is 30.2 Å². The number of hydrogen-bond donors (Lipinski definition) is 2. The van der Waals surface area contributed by atoms with Gasteiger partial charge in [0, 0.05) is 12.0 Å². The number of carbonyl (C=O) groups excluding carboxylic acids is 1. The van der Waals surface area contributed by atoms with Gasteiger partial charge in [0.15, 0.2) is 5.82 Å². The zero-order valence-corrected chi connectivity index (χ0v) is 14.3. The molecule has 1 amide bonds. The summed E-state index contributed by atoms with van der Waals surface area (Å²) in [7, 11) is 1.62. The molecule has 0 unspecified atom stereocenters. The molecule has 1 aromatic heterocycles. The molecule has 2 aromatic carbocycles. The van der Waals surface area contributed by atoms with Gasteiger partial charge in [0.05, 0.1) is 25.2 Å². The first-order valence-corrected chi connectivity index (χ1v) is 8.19. The van der Waals surface area contributed by atoms with Crippen molar-refractivity contribution in [2.45, 2.75) is 12.8 Å². The SMILES string of the molecule is COc1ccccc1CCC(=O)Nc1cnc(-c2cccc(O)c2)nc1. The molecule has 0 fully saturated rings. The summed E-state index contributed by atoms with van der Waals surface area (Å²) in [4.78, 5) is 20.6. The van der Waals surface area contributed by atoms with Crippen molar-refractivity contribution in [1.29, 1.82) is 0 Å². The normalized spacial score (nSPS) is 10.3. The third kappa shape index (κ3) is 4.36. The van der Waals surface area contributed by atoms with Gasteiger partial charge in [-0.1, -0.05) is 30.3 Å². The van der Waals surface area contributed by atoms with E-state index in [1.54, 1.807) is 43.8 Å². The van der Waals surface area contributed by atoms with Crippen molar-refractivity contribution in [2.24, 2.45) is 0 Å². The van der Waals surface area contributed by atoms with Gasteiger partial charge >= 0.3 is 0 Å². The van der Waals surface area contributed by atoms with E-state index in [1.165, 1.54) is 0 Å². The zero-order valence-electron chi connectivity index (χ0n) is 14.3. The highest BCUT2D eigenvalue weighted by molar-refractivity contribution is 5.90. The first kappa shape index (κ1) is 17.4. The average Bonchev–Trinajstić information content (AvgIpc) is 2.67. The Morgan fingerprint density at radius 3 is 2.62 bits per heavy atom. The summed E-state index contributed by atoms with van der Waals surface area (Å²) in [5.41, 5.74) is 2.22. The number of aromatic nitrogens is 2. The number of para-hydroxylation sites is 1. The number of ether oxygens (including phenoxy) is 1. The van der Waals surface area contributed by atoms with E-state index in [2.05, 4.69) is 15.3 Å². The van der Waals surface area contributed by atoms with Gasteiger partial charge < -0.3 is 15.2 Å². The van der Waals surface area contributed by atoms with Gasteiger partial charge in [0.1, 0.15) is 11.5 Å². The first-order valence-electron chi connectivity index (χ1n) is 8.19. The second-order valence-electron chi connectivity index (χ2n) is 5.71. The number of aryl methyl sites for hydroxylation is 1. The van der Waals surface area contributed by atoms with Gasteiger partial charge in [-0.25, -0.2) is 9.97 Å². The minimum Gasteiger partial charge on any atom is -0.508 e. The molecule has 3 aromatic rings. The zero-order chi connectivity index (χ0) is 18.4. The van der Waals surface area contributed by atoms with Crippen molar-refractivity contribution in [1.82, 2.24) is 9.97 Å². The number of nitrogens with one attached hydrogen (secondary N) is 1. The van der Waals surface area contributed by atoms with Crippen molar-refractivity contribution >= 4 is 11.6 Å². The lowest BCUT2D eigenvalue weighted by Crippen LogP contribution is -2.13. The van der Waals surface area contributed by atoms with E-state index in [-0.39, 0.29) is 11.7 Å². The number of rotatable bonds is 6. The molecule has 3 rings (SSSR count). The maximum absolute atomic E-state index is 12.1. The summed E-state index contributed by atoms with van der Waals surface area (Å²) in [6.45, 7) is 0. The summed E-state index contributed by atoms with van der Waals surface area (Å²) in [5, 5.41) is 12.3. The minimum absolute atomic E-state index is 0.121. The third-order valence-corrected chi connectivity index (χ3v) is 3.85. The molecule has 0 spiro atoms. The number of methoxy groups -OCH3 is 1. The van der Waals surface area contributed by atoms with Crippen LogP contribution >= 0.6 is 0 Å². The number of hydrogen-bond acceptors (Lipinski definition) is 5. The van der Waals surface area contributed by atoms with Crippen LogP contribution in [0.2, 0.25) is 0 Å². The maximum atomic E-state index is 12.1. The van der Waals surface area contributed by atoms with Gasteiger partial charge in [0.2, 0.25) is 5.91 Å². The number of anilines is 1. The van der Waals surface area contributed by atoms with E-state index in [9.17, 15) is 9.90 Å². The standard InChI is InChI=1S/C20H19N3O3/c1-26-18-8-3-2-5-14(18)9-10-19(25)23-16-12-21-20(22-13-16)15-6-4-7-17(24)11-15/h2-8,11-13,24H,9-10H2,1H3,(H,23,25). The van der Waals surface area contributed by atoms with E-state index in [0.29, 0.717) is 29.9 Å². The molecule has 0 saturated carbocycles. The second-order valence-corrected chi connectivity index (χ2v) is 5.71. The lowest BCUT2D eigenvalue weighted by molar-refractivity contribution is -0.116. The molecule has 1 heterocycles. The fraction of sp³-hybridized carbons (Fsp3) is 0.150. The molecular weight excluding hydrogens is 330 g/mol. The van der Waals surface area contributed by atoms with Gasteiger partial charge in [0.25, 0.3) is 0 Å². The molecule has 0 atom stereocenters. The van der Waals surface area contributed by atoms with Crippen LogP contribution in [0.5, 0.6) is 11.5 Å². The summed E-state index contributed by atoms with van der Waals surface area (Å²) >= 11 is 0. The molecule has 6 heteroatoms. The Balaban J connectivity index is 1.59. The van der Waals surface area contributed by atoms with Crippen molar-refractivity contribution in [3.63, 3.8) is 0 Å². The van der Waals surface area contributed by atoms with E-state index in [0.717, 1.165) is 11.3 Å². The smallest absolute Gasteiger partial charge is 0.224 e. The van der Waals surface area contributed by atoms with Crippen LogP contribution in [0.15, 0.2) is 60.9 Å². The van der Waals surface area contributed by atoms with Crippen LogP contribution in [-0.2, 0) is 11.2 Å². The summed E-state index contributed by atoms with van der Waals surface area (Å²) in [5.74, 6) is 1.29. The number of benzene rings is 2. The van der Waals surface area contributed by atoms with Crippen molar-refractivity contribution in [3.05, 3.63) is 66.5 Å². The van der Waals surface area contributed by atoms with Crippen molar-refractivity contribution in [3.8, 4) is 22.9 Å². The van der Waals surface area contributed by atoms with E-state index in [4.69, 9.17) is 4.74 Å². The number of phenolic OH excluding ortho intramolecular Hbond substituents is 1. The number of aromatic hydroxyl groups is 1. The molecule has 132 valence electrons. The monoisotopic (exact) mass is 349 g/mol. The molecule has 0 bridgehead atoms. The highest BCUT2D eigenvalue weighted by Gasteiger charge is 2.08. The molecule has 2 N–H and O–H groups in total. The topological polar surface area (TPSA) is 84.3 Å². The van der Waals surface area contributed by atoms with E-state index < -0.39 is 0 Å². The fourth-order valence-corrected chi connectivity index (χ4v) is 2.57. The van der Waals surface area contributed by atoms with Crippen LogP contribution in [-0.4, -0.2) is 28.1 Å². The molecule has 6 nitrogen and oxygen atoms in total. The molecule has 0 radical (unpaired) electrons. The summed E-state index contributed by atoms with van der Waals surface area (Å²) in [6, 6.07) is 14.3. The Kier molecular flexibility index (Phi) is 5.43. The van der Waals surface area contributed by atoms with Gasteiger partial charge in [-0.2, -0.15) is 0 Å². The molecule has 0 saturated heterocycles. The van der Waals surface area contributed by atoms with Crippen molar-refractivity contribution < 1.29 is 14.6 Å². The van der Waals surface area contributed by atoms with Gasteiger partial charge in [-0.3, -0.25) is 4.79 Å². The molecule has 0 aliphatic heterocycles. The Morgan fingerprint density at radius 1 is 1.12 bits per heavy atom. The number of phenols is 1. The predicted molar refractivity (Wildman–Crippen MR) is 99.1 cm³/mol. The van der Waals surface area contributed by atoms with Gasteiger partial charge in [-0.15, -0.1) is 0 Å². The second kappa shape index (κ2) is 8.11. The highest BCUT2D eigenvalue weighted by atomic mass is 16.5. The van der Waals surface area contributed by atoms with Crippen LogP contribution in [0, 0.1) is 0 Å². The number of amides is 1. The lowest BCUT2D eigenvalue weighted by atomic mass is 10.1. The van der Waals surface area contributed by atoms with Crippen LogP contribution in [0.25, 0.3) is 11.4 Å². The molecule has 26 heavy (non-hydrogen) atoms. The van der Waals surface area contributed by atoms with Crippen LogP contribution in [0.3, 0.4) is 0 Å². The summed E-state index contributed by atoms with van der Waals surface area (Å²) in [6.07, 6.45) is 4.01. The van der Waals surface area contributed by atoms with Crippen molar-refractivity contribution in [2.75, 3.05) is 12.4 Å². The highest BCUT2D eigenvalue weighted by Crippen LogP contribution is 2.21. The molecular formula is C20H19N3O3. The summed E-state index contributed by atoms with van der Waals surface area (Å²) < 4.78 is 5.29. The lowest BCUT2D eigenvalue weighted by Gasteiger charge is -2.08. The first-order chi connectivity index (χ1) is 12.7. The van der Waals surface area contributed by atoms with Crippen LogP contribution < -0.4 is 10.1 Å². The van der Waals surface area contributed by atoms with Crippen LogP contribution in [0.1, 0.15) is 12.0 Å². The quantitative estimate of drug-likeness (QED) is 0.712. The third-order valence-electron chi connectivity index (χ3n) is 3.85. The van der Waals surface area contributed by atoms with E-state index in [1.807, 2.05) is 24.3 Å². The molecule has 0 aliphatic rings. The Hall–Kier alpha value is -3.41. The maximum Gasteiger partial charge on any atom is 0.224 e.